The first kappa shape index (κ1) is 11.9. The molecule has 0 spiro atoms. The van der Waals surface area contributed by atoms with Crippen molar-refractivity contribution < 1.29 is 4.74 Å². The number of ether oxygens (including phenoxy) is 1. The lowest BCUT2D eigenvalue weighted by atomic mass is 10.3. The van der Waals surface area contributed by atoms with Crippen LogP contribution >= 0.6 is 11.3 Å². The smallest absolute Gasteiger partial charge is 0.154 e. The van der Waals surface area contributed by atoms with Crippen molar-refractivity contribution in [3.63, 3.8) is 0 Å². The van der Waals surface area contributed by atoms with E-state index < -0.39 is 0 Å². The van der Waals surface area contributed by atoms with Gasteiger partial charge in [0.1, 0.15) is 11.2 Å². The van der Waals surface area contributed by atoms with Gasteiger partial charge in [-0.25, -0.2) is 9.50 Å². The van der Waals surface area contributed by atoms with Gasteiger partial charge in [0, 0.05) is 25.5 Å². The van der Waals surface area contributed by atoms with Gasteiger partial charge < -0.3 is 9.64 Å². The third-order valence-electron chi connectivity index (χ3n) is 3.45. The van der Waals surface area contributed by atoms with Gasteiger partial charge in [-0.3, -0.25) is 0 Å². The van der Waals surface area contributed by atoms with Crippen molar-refractivity contribution in [2.45, 2.75) is 0 Å². The molecular weight excluding hydrogens is 272 g/mol. The monoisotopic (exact) mass is 286 g/mol. The average Bonchev–Trinajstić information content (AvgIpc) is 3.16. The number of thiophene rings is 1. The first-order chi connectivity index (χ1) is 9.92. The Morgan fingerprint density at radius 3 is 2.95 bits per heavy atom. The number of aromatic nitrogens is 3. The topological polar surface area (TPSA) is 42.7 Å². The Hall–Kier alpha value is -1.92. The van der Waals surface area contributed by atoms with Crippen molar-refractivity contribution in [3.8, 4) is 10.6 Å². The second-order valence-corrected chi connectivity index (χ2v) is 5.63. The highest BCUT2D eigenvalue weighted by Gasteiger charge is 2.17. The Kier molecular flexibility index (Phi) is 2.90. The van der Waals surface area contributed by atoms with E-state index in [9.17, 15) is 0 Å². The standard InChI is InChI=1S/C14H14N4OS/c1-2-13(20-9-1)11-10-12-14(15-3-4-18(12)16-11)17-5-7-19-8-6-17/h1-4,9-10H,5-8H2. The molecular formula is C14H14N4OS. The van der Waals surface area contributed by atoms with E-state index >= 15 is 0 Å². The van der Waals surface area contributed by atoms with Gasteiger partial charge in [0.05, 0.1) is 18.1 Å². The molecule has 0 aliphatic carbocycles. The molecule has 3 aromatic rings. The summed E-state index contributed by atoms with van der Waals surface area (Å²) in [5.41, 5.74) is 2.06. The van der Waals surface area contributed by atoms with Crippen LogP contribution in [0.15, 0.2) is 36.0 Å². The van der Waals surface area contributed by atoms with Crippen LogP contribution < -0.4 is 4.90 Å². The number of anilines is 1. The molecule has 1 saturated heterocycles. The molecule has 6 heteroatoms. The van der Waals surface area contributed by atoms with Crippen LogP contribution in [0.5, 0.6) is 0 Å². The molecule has 0 bridgehead atoms. The van der Waals surface area contributed by atoms with Crippen molar-refractivity contribution in [2.24, 2.45) is 0 Å². The summed E-state index contributed by atoms with van der Waals surface area (Å²) in [6, 6.07) is 6.25. The van der Waals surface area contributed by atoms with E-state index in [1.807, 2.05) is 23.0 Å². The first-order valence-corrected chi connectivity index (χ1v) is 7.51. The van der Waals surface area contributed by atoms with Crippen molar-refractivity contribution >= 4 is 22.7 Å². The minimum absolute atomic E-state index is 0.759. The highest BCUT2D eigenvalue weighted by molar-refractivity contribution is 7.13. The lowest BCUT2D eigenvalue weighted by Gasteiger charge is -2.27. The maximum Gasteiger partial charge on any atom is 0.154 e. The molecule has 3 aromatic heterocycles. The fraction of sp³-hybridized carbons (Fsp3) is 0.286. The summed E-state index contributed by atoms with van der Waals surface area (Å²) < 4.78 is 7.32. The maximum atomic E-state index is 5.41. The molecule has 0 atom stereocenters. The van der Waals surface area contributed by atoms with Gasteiger partial charge in [-0.2, -0.15) is 5.10 Å². The second-order valence-electron chi connectivity index (χ2n) is 4.69. The fourth-order valence-corrected chi connectivity index (χ4v) is 3.15. The Balaban J connectivity index is 1.81. The summed E-state index contributed by atoms with van der Waals surface area (Å²) in [5.74, 6) is 0.992. The van der Waals surface area contributed by atoms with Crippen LogP contribution in [0, 0.1) is 0 Å². The van der Waals surface area contributed by atoms with Gasteiger partial charge in [-0.1, -0.05) is 6.07 Å². The summed E-state index contributed by atoms with van der Waals surface area (Å²) >= 11 is 1.70. The molecule has 4 heterocycles. The third kappa shape index (κ3) is 1.97. The molecule has 0 unspecified atom stereocenters. The number of fused-ring (bicyclic) bond motifs is 1. The summed E-state index contributed by atoms with van der Waals surface area (Å²) in [7, 11) is 0. The molecule has 102 valence electrons. The van der Waals surface area contributed by atoms with E-state index in [0.29, 0.717) is 0 Å². The van der Waals surface area contributed by atoms with Crippen molar-refractivity contribution in [2.75, 3.05) is 31.2 Å². The van der Waals surface area contributed by atoms with E-state index in [-0.39, 0.29) is 0 Å². The van der Waals surface area contributed by atoms with Gasteiger partial charge in [0.2, 0.25) is 0 Å². The second kappa shape index (κ2) is 4.88. The highest BCUT2D eigenvalue weighted by Crippen LogP contribution is 2.27. The van der Waals surface area contributed by atoms with Crippen LogP contribution in [0.4, 0.5) is 5.82 Å². The Bertz CT molecular complexity index is 716. The largest absolute Gasteiger partial charge is 0.378 e. The van der Waals surface area contributed by atoms with Crippen molar-refractivity contribution in [1.29, 1.82) is 0 Å². The zero-order valence-corrected chi connectivity index (χ0v) is 11.7. The molecule has 4 rings (SSSR count). The van der Waals surface area contributed by atoms with Gasteiger partial charge in [-0.05, 0) is 17.5 Å². The molecule has 1 fully saturated rings. The molecule has 0 radical (unpaired) electrons. The quantitative estimate of drug-likeness (QED) is 0.725. The van der Waals surface area contributed by atoms with E-state index in [0.717, 1.165) is 43.3 Å². The first-order valence-electron chi connectivity index (χ1n) is 6.63. The van der Waals surface area contributed by atoms with E-state index in [1.165, 1.54) is 4.88 Å². The zero-order chi connectivity index (χ0) is 13.4. The lowest BCUT2D eigenvalue weighted by molar-refractivity contribution is 0.122. The van der Waals surface area contributed by atoms with Gasteiger partial charge in [0.25, 0.3) is 0 Å². The predicted octanol–water partition coefficient (Wildman–Crippen LogP) is 2.29. The van der Waals surface area contributed by atoms with Gasteiger partial charge >= 0.3 is 0 Å². The van der Waals surface area contributed by atoms with Crippen LogP contribution in [0.2, 0.25) is 0 Å². The normalized spacial score (nSPS) is 15.9. The summed E-state index contributed by atoms with van der Waals surface area (Å²) in [6.07, 6.45) is 3.71. The van der Waals surface area contributed by atoms with Crippen LogP contribution in [0.25, 0.3) is 16.1 Å². The Morgan fingerprint density at radius 1 is 1.25 bits per heavy atom. The number of hydrogen-bond donors (Lipinski definition) is 0. The maximum absolute atomic E-state index is 5.41. The Labute approximate surface area is 120 Å². The number of morpholine rings is 1. The van der Waals surface area contributed by atoms with Crippen molar-refractivity contribution in [1.82, 2.24) is 14.6 Å². The SMILES string of the molecule is c1csc(-c2cc3c(N4CCOCC4)nccn3n2)c1. The molecule has 5 nitrogen and oxygen atoms in total. The van der Waals surface area contributed by atoms with Crippen LogP contribution in [-0.4, -0.2) is 40.9 Å². The number of nitrogens with zero attached hydrogens (tertiary/aromatic N) is 4. The minimum Gasteiger partial charge on any atom is -0.378 e. The van der Waals surface area contributed by atoms with Gasteiger partial charge in [0.15, 0.2) is 5.82 Å². The molecule has 1 aliphatic heterocycles. The number of hydrogen-bond acceptors (Lipinski definition) is 5. The predicted molar refractivity (Wildman–Crippen MR) is 79.3 cm³/mol. The third-order valence-corrected chi connectivity index (χ3v) is 4.35. The van der Waals surface area contributed by atoms with E-state index in [4.69, 9.17) is 4.74 Å². The molecule has 0 N–H and O–H groups in total. The highest BCUT2D eigenvalue weighted by atomic mass is 32.1. The van der Waals surface area contributed by atoms with Crippen LogP contribution in [-0.2, 0) is 4.74 Å². The van der Waals surface area contributed by atoms with Crippen LogP contribution in [0.1, 0.15) is 0 Å². The molecule has 20 heavy (non-hydrogen) atoms. The van der Waals surface area contributed by atoms with Crippen molar-refractivity contribution in [3.05, 3.63) is 36.0 Å². The summed E-state index contributed by atoms with van der Waals surface area (Å²) in [5, 5.41) is 6.71. The van der Waals surface area contributed by atoms with E-state index in [2.05, 4.69) is 32.5 Å². The molecule has 0 aromatic carbocycles. The summed E-state index contributed by atoms with van der Waals surface area (Å²) in [4.78, 5) is 7.98. The molecule has 0 saturated carbocycles. The zero-order valence-electron chi connectivity index (χ0n) is 10.9. The minimum atomic E-state index is 0.759. The van der Waals surface area contributed by atoms with Gasteiger partial charge in [-0.15, -0.1) is 11.3 Å². The fourth-order valence-electron chi connectivity index (χ4n) is 2.47. The summed E-state index contributed by atoms with van der Waals surface area (Å²) in [6.45, 7) is 3.28. The molecule has 1 aliphatic rings. The number of rotatable bonds is 2. The van der Waals surface area contributed by atoms with Crippen LogP contribution in [0.3, 0.4) is 0 Å². The lowest BCUT2D eigenvalue weighted by Crippen LogP contribution is -2.37. The average molecular weight is 286 g/mol. The molecule has 0 amide bonds. The van der Waals surface area contributed by atoms with E-state index in [1.54, 1.807) is 11.3 Å². The Morgan fingerprint density at radius 2 is 2.15 bits per heavy atom.